The van der Waals surface area contributed by atoms with E-state index in [1.54, 1.807) is 32.3 Å². The van der Waals surface area contributed by atoms with E-state index in [4.69, 9.17) is 4.74 Å². The molecule has 1 aromatic heterocycles. The van der Waals surface area contributed by atoms with Gasteiger partial charge in [-0.2, -0.15) is 0 Å². The van der Waals surface area contributed by atoms with Gasteiger partial charge in [-0.1, -0.05) is 24.3 Å². The molecule has 0 aliphatic rings. The highest BCUT2D eigenvalue weighted by atomic mass is 16.5. The highest BCUT2D eigenvalue weighted by Gasteiger charge is 2.14. The smallest absolute Gasteiger partial charge is 0.240 e. The van der Waals surface area contributed by atoms with E-state index in [2.05, 4.69) is 25.9 Å². The van der Waals surface area contributed by atoms with Crippen molar-refractivity contribution in [2.75, 3.05) is 49.8 Å². The first-order valence-electron chi connectivity index (χ1n) is 11.4. The molecular formula is C27H28N6O3. The Labute approximate surface area is 209 Å². The first-order valence-corrected chi connectivity index (χ1v) is 11.4. The molecule has 0 unspecified atom stereocenters. The van der Waals surface area contributed by atoms with Crippen LogP contribution in [-0.4, -0.2) is 56.1 Å². The molecule has 2 amide bonds. The van der Waals surface area contributed by atoms with Gasteiger partial charge in [-0.15, -0.1) is 0 Å². The van der Waals surface area contributed by atoms with Crippen molar-refractivity contribution in [3.05, 3.63) is 72.9 Å². The van der Waals surface area contributed by atoms with Crippen LogP contribution in [0.3, 0.4) is 0 Å². The van der Waals surface area contributed by atoms with E-state index in [9.17, 15) is 9.59 Å². The number of benzene rings is 3. The number of nitrogens with one attached hydrogen (secondary N) is 3. The SMILES string of the molecule is CNc1nccc(-c2cc(NC(=O)CNCC(=O)N(C)c3ccccc3)c3cc(OC)ccc3c2)n1. The monoisotopic (exact) mass is 484 g/mol. The number of methoxy groups -OCH3 is 1. The zero-order chi connectivity index (χ0) is 25.5. The fourth-order valence-electron chi connectivity index (χ4n) is 3.75. The van der Waals surface area contributed by atoms with Crippen molar-refractivity contribution in [1.29, 1.82) is 0 Å². The molecule has 1 heterocycles. The van der Waals surface area contributed by atoms with Crippen LogP contribution in [0, 0.1) is 0 Å². The Morgan fingerprint density at radius 2 is 1.81 bits per heavy atom. The van der Waals surface area contributed by atoms with Crippen LogP contribution in [0.1, 0.15) is 0 Å². The number of fused-ring (bicyclic) bond motifs is 1. The summed E-state index contributed by atoms with van der Waals surface area (Å²) in [5.74, 6) is 0.764. The lowest BCUT2D eigenvalue weighted by Crippen LogP contribution is -2.38. The van der Waals surface area contributed by atoms with Gasteiger partial charge in [-0.3, -0.25) is 14.9 Å². The molecular weight excluding hydrogens is 456 g/mol. The van der Waals surface area contributed by atoms with E-state index in [1.807, 2.05) is 66.7 Å². The van der Waals surface area contributed by atoms with Crippen molar-refractivity contribution >= 4 is 39.9 Å². The summed E-state index contributed by atoms with van der Waals surface area (Å²) in [6.45, 7) is 0.00260. The number of rotatable bonds is 9. The predicted molar refractivity (Wildman–Crippen MR) is 142 cm³/mol. The molecule has 4 rings (SSSR count). The molecule has 0 saturated heterocycles. The van der Waals surface area contributed by atoms with Crippen LogP contribution in [0.15, 0.2) is 72.9 Å². The number of hydrogen-bond acceptors (Lipinski definition) is 7. The van der Waals surface area contributed by atoms with E-state index >= 15 is 0 Å². The van der Waals surface area contributed by atoms with E-state index in [-0.39, 0.29) is 24.9 Å². The molecule has 3 N–H and O–H groups in total. The Hall–Kier alpha value is -4.50. The molecule has 9 nitrogen and oxygen atoms in total. The number of para-hydroxylation sites is 1. The van der Waals surface area contributed by atoms with Gasteiger partial charge in [0.25, 0.3) is 0 Å². The summed E-state index contributed by atoms with van der Waals surface area (Å²) < 4.78 is 5.38. The average Bonchev–Trinajstić information content (AvgIpc) is 2.92. The average molecular weight is 485 g/mol. The summed E-state index contributed by atoms with van der Waals surface area (Å²) in [7, 11) is 5.06. The van der Waals surface area contributed by atoms with Crippen molar-refractivity contribution in [2.45, 2.75) is 0 Å². The van der Waals surface area contributed by atoms with E-state index in [0.29, 0.717) is 17.4 Å². The van der Waals surface area contributed by atoms with Gasteiger partial charge in [0, 0.05) is 42.6 Å². The quantitative estimate of drug-likeness (QED) is 0.333. The standard InChI is InChI=1S/C27H28N6O3/c1-28-27-30-12-11-23(32-27)19-13-18-9-10-21(36-3)15-22(18)24(14-19)31-25(34)16-29-17-26(35)33(2)20-7-5-4-6-8-20/h4-15,29H,16-17H2,1-3H3,(H,31,34)(H,28,30,32). The number of aromatic nitrogens is 2. The number of nitrogens with zero attached hydrogens (tertiary/aromatic N) is 3. The topological polar surface area (TPSA) is 108 Å². The van der Waals surface area contributed by atoms with Crippen LogP contribution in [0.5, 0.6) is 5.75 Å². The van der Waals surface area contributed by atoms with Crippen LogP contribution in [0.4, 0.5) is 17.3 Å². The molecule has 3 aromatic carbocycles. The summed E-state index contributed by atoms with van der Waals surface area (Å²) in [4.78, 5) is 35.5. The number of carbonyl (C=O) groups is 2. The number of carbonyl (C=O) groups excluding carboxylic acids is 2. The van der Waals surface area contributed by atoms with Gasteiger partial charge in [0.2, 0.25) is 17.8 Å². The molecule has 184 valence electrons. The number of likely N-dealkylation sites (N-methyl/N-ethyl adjacent to an activating group) is 1. The van der Waals surface area contributed by atoms with E-state index < -0.39 is 0 Å². The minimum atomic E-state index is -0.273. The van der Waals surface area contributed by atoms with Crippen LogP contribution in [0.25, 0.3) is 22.0 Å². The molecule has 0 atom stereocenters. The molecule has 0 saturated carbocycles. The van der Waals surface area contributed by atoms with Gasteiger partial charge in [0.05, 0.1) is 25.9 Å². The van der Waals surface area contributed by atoms with Gasteiger partial charge in [-0.05, 0) is 47.9 Å². The second kappa shape index (κ2) is 11.3. The van der Waals surface area contributed by atoms with Gasteiger partial charge in [0.1, 0.15) is 5.75 Å². The number of anilines is 3. The lowest BCUT2D eigenvalue weighted by molar-refractivity contribution is -0.117. The normalized spacial score (nSPS) is 10.6. The predicted octanol–water partition coefficient (Wildman–Crippen LogP) is 3.54. The molecule has 0 spiro atoms. The van der Waals surface area contributed by atoms with Crippen molar-refractivity contribution < 1.29 is 14.3 Å². The minimum absolute atomic E-state index is 0.0263. The maximum Gasteiger partial charge on any atom is 0.240 e. The first kappa shape index (κ1) is 24.6. The molecule has 0 aliphatic heterocycles. The van der Waals surface area contributed by atoms with Gasteiger partial charge < -0.3 is 20.3 Å². The largest absolute Gasteiger partial charge is 0.497 e. The molecule has 0 fully saturated rings. The molecule has 0 bridgehead atoms. The van der Waals surface area contributed by atoms with Crippen LogP contribution < -0.4 is 25.6 Å². The Morgan fingerprint density at radius 3 is 2.56 bits per heavy atom. The number of ether oxygens (including phenoxy) is 1. The molecule has 0 aliphatic carbocycles. The van der Waals surface area contributed by atoms with Gasteiger partial charge >= 0.3 is 0 Å². The molecule has 0 radical (unpaired) electrons. The molecule has 4 aromatic rings. The lowest BCUT2D eigenvalue weighted by Gasteiger charge is -2.17. The third-order valence-corrected chi connectivity index (χ3v) is 5.69. The minimum Gasteiger partial charge on any atom is -0.497 e. The van der Waals surface area contributed by atoms with Crippen LogP contribution in [-0.2, 0) is 9.59 Å². The highest BCUT2D eigenvalue weighted by molar-refractivity contribution is 6.05. The first-order chi connectivity index (χ1) is 17.5. The van der Waals surface area contributed by atoms with Gasteiger partial charge in [0.15, 0.2) is 0 Å². The number of amides is 2. The van der Waals surface area contributed by atoms with Crippen LogP contribution >= 0.6 is 0 Å². The fourth-order valence-corrected chi connectivity index (χ4v) is 3.75. The zero-order valence-electron chi connectivity index (χ0n) is 20.4. The maximum absolute atomic E-state index is 12.8. The third kappa shape index (κ3) is 5.76. The van der Waals surface area contributed by atoms with E-state index in [1.165, 1.54) is 0 Å². The molecule has 36 heavy (non-hydrogen) atoms. The fraction of sp³-hybridized carbons (Fsp3) is 0.185. The Kier molecular flexibility index (Phi) is 7.72. The summed E-state index contributed by atoms with van der Waals surface area (Å²) in [5.41, 5.74) is 2.95. The summed E-state index contributed by atoms with van der Waals surface area (Å²) in [6.07, 6.45) is 1.68. The number of hydrogen-bond donors (Lipinski definition) is 3. The lowest BCUT2D eigenvalue weighted by atomic mass is 10.0. The van der Waals surface area contributed by atoms with E-state index in [0.717, 1.165) is 27.7 Å². The Bertz CT molecular complexity index is 1380. The Balaban J connectivity index is 1.51. The summed E-state index contributed by atoms with van der Waals surface area (Å²) >= 11 is 0. The van der Waals surface area contributed by atoms with Crippen molar-refractivity contribution in [2.24, 2.45) is 0 Å². The summed E-state index contributed by atoms with van der Waals surface area (Å²) in [6, 6.07) is 20.7. The Morgan fingerprint density at radius 1 is 1.00 bits per heavy atom. The van der Waals surface area contributed by atoms with Crippen LogP contribution in [0.2, 0.25) is 0 Å². The third-order valence-electron chi connectivity index (χ3n) is 5.69. The van der Waals surface area contributed by atoms with Crippen molar-refractivity contribution in [1.82, 2.24) is 15.3 Å². The maximum atomic E-state index is 12.8. The zero-order valence-corrected chi connectivity index (χ0v) is 20.4. The second-order valence-corrected chi connectivity index (χ2v) is 8.07. The van der Waals surface area contributed by atoms with Crippen molar-refractivity contribution in [3.8, 4) is 17.0 Å². The second-order valence-electron chi connectivity index (χ2n) is 8.07. The molecule has 9 heteroatoms. The van der Waals surface area contributed by atoms with Gasteiger partial charge in [-0.25, -0.2) is 9.97 Å². The highest BCUT2D eigenvalue weighted by Crippen LogP contribution is 2.33. The summed E-state index contributed by atoms with van der Waals surface area (Å²) in [5, 5.41) is 10.6. The van der Waals surface area contributed by atoms with Crippen molar-refractivity contribution in [3.63, 3.8) is 0 Å².